The van der Waals surface area contributed by atoms with Gasteiger partial charge in [-0.3, -0.25) is 19.7 Å². The first-order valence-electron chi connectivity index (χ1n) is 7.90. The number of rotatable bonds is 6. The van der Waals surface area contributed by atoms with Gasteiger partial charge in [-0.1, -0.05) is 30.3 Å². The van der Waals surface area contributed by atoms with Gasteiger partial charge in [0.1, 0.15) is 5.76 Å². The van der Waals surface area contributed by atoms with E-state index in [1.807, 2.05) is 42.5 Å². The van der Waals surface area contributed by atoms with E-state index in [1.54, 1.807) is 23.7 Å². The Morgan fingerprint density at radius 2 is 1.84 bits per heavy atom. The van der Waals surface area contributed by atoms with Crippen molar-refractivity contribution in [2.75, 3.05) is 5.43 Å². The highest BCUT2D eigenvalue weighted by Gasteiger charge is 2.16. The summed E-state index contributed by atoms with van der Waals surface area (Å²) in [6.07, 6.45) is 0.285. The molecule has 2 aromatic heterocycles. The van der Waals surface area contributed by atoms with Crippen LogP contribution in [0.2, 0.25) is 0 Å². The SMILES string of the molecule is Cc1ccc(C(=O)Nn2c(CCC(=O)O)ccc2-c2ccccc2)o1. The van der Waals surface area contributed by atoms with Crippen molar-refractivity contribution in [1.29, 1.82) is 0 Å². The van der Waals surface area contributed by atoms with E-state index >= 15 is 0 Å². The van der Waals surface area contributed by atoms with Crippen LogP contribution in [0.4, 0.5) is 0 Å². The molecule has 0 radical (unpaired) electrons. The molecule has 3 aromatic rings. The van der Waals surface area contributed by atoms with Crippen LogP contribution < -0.4 is 5.43 Å². The van der Waals surface area contributed by atoms with Crippen LogP contribution >= 0.6 is 0 Å². The fraction of sp³-hybridized carbons (Fsp3) is 0.158. The number of hydrogen-bond donors (Lipinski definition) is 2. The van der Waals surface area contributed by atoms with Gasteiger partial charge in [0.2, 0.25) is 0 Å². The van der Waals surface area contributed by atoms with Crippen molar-refractivity contribution in [3.05, 3.63) is 71.8 Å². The molecular formula is C19H18N2O4. The van der Waals surface area contributed by atoms with E-state index in [-0.39, 0.29) is 12.2 Å². The summed E-state index contributed by atoms with van der Waals surface area (Å²) in [7, 11) is 0. The Labute approximate surface area is 144 Å². The number of furan rings is 1. The van der Waals surface area contributed by atoms with Gasteiger partial charge in [-0.05, 0) is 31.2 Å². The third-order valence-corrected chi connectivity index (χ3v) is 3.80. The van der Waals surface area contributed by atoms with Gasteiger partial charge < -0.3 is 9.52 Å². The summed E-state index contributed by atoms with van der Waals surface area (Å²) < 4.78 is 6.98. The van der Waals surface area contributed by atoms with Crippen LogP contribution in [0.25, 0.3) is 11.3 Å². The molecule has 1 amide bonds. The maximum absolute atomic E-state index is 12.5. The third-order valence-electron chi connectivity index (χ3n) is 3.80. The zero-order valence-corrected chi connectivity index (χ0v) is 13.7. The normalized spacial score (nSPS) is 10.6. The number of nitrogens with one attached hydrogen (secondary N) is 1. The van der Waals surface area contributed by atoms with Gasteiger partial charge in [-0.15, -0.1) is 0 Å². The molecule has 0 aliphatic carbocycles. The Bertz CT molecular complexity index is 893. The summed E-state index contributed by atoms with van der Waals surface area (Å²) in [5, 5.41) is 8.94. The standard InChI is InChI=1S/C19H18N2O4/c1-13-7-11-17(25-13)19(24)20-21-15(9-12-18(22)23)8-10-16(21)14-5-3-2-4-6-14/h2-8,10-11H,9,12H2,1H3,(H,20,24)(H,22,23). The molecule has 3 rings (SSSR count). The number of nitrogens with zero attached hydrogens (tertiary/aromatic N) is 1. The number of carboxylic acid groups (broad SMARTS) is 1. The van der Waals surface area contributed by atoms with Gasteiger partial charge >= 0.3 is 11.9 Å². The van der Waals surface area contributed by atoms with Crippen LogP contribution in [0, 0.1) is 6.92 Å². The number of aryl methyl sites for hydroxylation is 2. The van der Waals surface area contributed by atoms with Gasteiger partial charge in [-0.2, -0.15) is 0 Å². The molecule has 0 unspecified atom stereocenters. The van der Waals surface area contributed by atoms with Crippen LogP contribution in [0.3, 0.4) is 0 Å². The van der Waals surface area contributed by atoms with Crippen molar-refractivity contribution in [3.8, 4) is 11.3 Å². The molecule has 0 saturated heterocycles. The van der Waals surface area contributed by atoms with Crippen LogP contribution in [-0.4, -0.2) is 21.7 Å². The summed E-state index contributed by atoms with van der Waals surface area (Å²) in [5.41, 5.74) is 5.20. The number of carboxylic acids is 1. The number of hydrogen-bond acceptors (Lipinski definition) is 3. The third kappa shape index (κ3) is 3.80. The number of aromatic nitrogens is 1. The molecule has 6 heteroatoms. The van der Waals surface area contributed by atoms with Crippen molar-refractivity contribution in [2.45, 2.75) is 19.8 Å². The molecule has 0 atom stereocenters. The van der Waals surface area contributed by atoms with Gasteiger partial charge in [-0.25, -0.2) is 0 Å². The zero-order valence-electron chi connectivity index (χ0n) is 13.7. The summed E-state index contributed by atoms with van der Waals surface area (Å²) >= 11 is 0. The Hall–Kier alpha value is -3.28. The molecule has 25 heavy (non-hydrogen) atoms. The molecule has 2 heterocycles. The molecule has 0 saturated carbocycles. The van der Waals surface area contributed by atoms with Crippen molar-refractivity contribution in [3.63, 3.8) is 0 Å². The predicted molar refractivity (Wildman–Crippen MR) is 93.0 cm³/mol. The Morgan fingerprint density at radius 1 is 1.08 bits per heavy atom. The second-order valence-electron chi connectivity index (χ2n) is 5.66. The van der Waals surface area contributed by atoms with Crippen LogP contribution in [0.15, 0.2) is 59.0 Å². The topological polar surface area (TPSA) is 84.5 Å². The monoisotopic (exact) mass is 338 g/mol. The van der Waals surface area contributed by atoms with Crippen molar-refractivity contribution in [1.82, 2.24) is 4.68 Å². The molecule has 0 spiro atoms. The van der Waals surface area contributed by atoms with Crippen LogP contribution in [0.5, 0.6) is 0 Å². The van der Waals surface area contributed by atoms with Crippen molar-refractivity contribution < 1.29 is 19.1 Å². The number of aliphatic carboxylic acids is 1. The molecule has 1 aromatic carbocycles. The summed E-state index contributed by atoms with van der Waals surface area (Å²) in [4.78, 5) is 23.4. The highest BCUT2D eigenvalue weighted by Crippen LogP contribution is 2.22. The minimum atomic E-state index is -0.887. The zero-order chi connectivity index (χ0) is 17.8. The second kappa shape index (κ2) is 7.09. The van der Waals surface area contributed by atoms with Crippen LogP contribution in [0.1, 0.15) is 28.4 Å². The summed E-state index contributed by atoms with van der Waals surface area (Å²) in [6, 6.07) is 16.6. The van der Waals surface area contributed by atoms with E-state index in [4.69, 9.17) is 9.52 Å². The lowest BCUT2D eigenvalue weighted by Gasteiger charge is -2.14. The highest BCUT2D eigenvalue weighted by atomic mass is 16.4. The second-order valence-corrected chi connectivity index (χ2v) is 5.66. The van der Waals surface area contributed by atoms with E-state index in [9.17, 15) is 9.59 Å². The van der Waals surface area contributed by atoms with Gasteiger partial charge in [0.25, 0.3) is 0 Å². The van der Waals surface area contributed by atoms with Gasteiger partial charge in [0.15, 0.2) is 5.76 Å². The summed E-state index contributed by atoms with van der Waals surface area (Å²) in [5.74, 6) is -0.429. The maximum atomic E-state index is 12.5. The lowest BCUT2D eigenvalue weighted by atomic mass is 10.2. The quantitative estimate of drug-likeness (QED) is 0.721. The molecule has 128 valence electrons. The minimum absolute atomic E-state index is 0.0199. The molecule has 6 nitrogen and oxygen atoms in total. The van der Waals surface area contributed by atoms with Crippen molar-refractivity contribution >= 4 is 11.9 Å². The smallest absolute Gasteiger partial charge is 0.305 e. The lowest BCUT2D eigenvalue weighted by molar-refractivity contribution is -0.136. The predicted octanol–water partition coefficient (Wildman–Crippen LogP) is 3.46. The highest BCUT2D eigenvalue weighted by molar-refractivity contribution is 5.98. The Kier molecular flexibility index (Phi) is 4.70. The molecule has 0 aliphatic rings. The van der Waals surface area contributed by atoms with E-state index in [2.05, 4.69) is 5.43 Å². The van der Waals surface area contributed by atoms with Gasteiger partial charge in [0, 0.05) is 17.7 Å². The largest absolute Gasteiger partial charge is 0.481 e. The fourth-order valence-electron chi connectivity index (χ4n) is 2.59. The molecule has 2 N–H and O–H groups in total. The first kappa shape index (κ1) is 16.6. The minimum Gasteiger partial charge on any atom is -0.481 e. The average Bonchev–Trinajstić information content (AvgIpc) is 3.20. The number of carbonyl (C=O) groups excluding carboxylic acids is 1. The molecule has 0 bridgehead atoms. The summed E-state index contributed by atoms with van der Waals surface area (Å²) in [6.45, 7) is 1.76. The first-order valence-corrected chi connectivity index (χ1v) is 7.90. The lowest BCUT2D eigenvalue weighted by Crippen LogP contribution is -2.25. The molecule has 0 fully saturated rings. The van der Waals surface area contributed by atoms with E-state index in [1.165, 1.54) is 0 Å². The van der Waals surface area contributed by atoms with E-state index in [0.29, 0.717) is 17.9 Å². The van der Waals surface area contributed by atoms with Crippen molar-refractivity contribution in [2.24, 2.45) is 0 Å². The maximum Gasteiger partial charge on any atom is 0.305 e. The number of amides is 1. The Morgan fingerprint density at radius 3 is 2.48 bits per heavy atom. The number of carbonyl (C=O) groups is 2. The Balaban J connectivity index is 1.94. The first-order chi connectivity index (χ1) is 12.0. The fourth-order valence-corrected chi connectivity index (χ4v) is 2.59. The van der Waals surface area contributed by atoms with Crippen LogP contribution in [-0.2, 0) is 11.2 Å². The van der Waals surface area contributed by atoms with Gasteiger partial charge in [0.05, 0.1) is 12.1 Å². The molecular weight excluding hydrogens is 320 g/mol. The number of benzene rings is 1. The van der Waals surface area contributed by atoms with E-state index in [0.717, 1.165) is 11.3 Å². The molecule has 0 aliphatic heterocycles. The average molecular weight is 338 g/mol. The van der Waals surface area contributed by atoms with E-state index < -0.39 is 11.9 Å².